The molecule has 0 aliphatic carbocycles. The van der Waals surface area contributed by atoms with Crippen LogP contribution in [0.5, 0.6) is 5.75 Å². The van der Waals surface area contributed by atoms with Crippen LogP contribution < -0.4 is 15.4 Å². The predicted octanol–water partition coefficient (Wildman–Crippen LogP) is 2.26. The van der Waals surface area contributed by atoms with Crippen LogP contribution in [-0.2, 0) is 0 Å². The van der Waals surface area contributed by atoms with Crippen molar-refractivity contribution in [1.82, 2.24) is 0 Å². The zero-order valence-corrected chi connectivity index (χ0v) is 10.6. The molecule has 17 heavy (non-hydrogen) atoms. The lowest BCUT2D eigenvalue weighted by molar-refractivity contribution is 0.386. The topological polar surface area (TPSA) is 38.5 Å². The Hall–Kier alpha value is -1.22. The number of hydrogen-bond acceptors (Lipinski definition) is 3. The smallest absolute Gasteiger partial charge is 0.119 e. The van der Waals surface area contributed by atoms with Gasteiger partial charge in [-0.2, -0.15) is 0 Å². The van der Waals surface area contributed by atoms with E-state index in [0.717, 1.165) is 31.3 Å². The summed E-state index contributed by atoms with van der Waals surface area (Å²) in [5, 5.41) is 0. The summed E-state index contributed by atoms with van der Waals surface area (Å²) in [5.74, 6) is 1.75. The summed E-state index contributed by atoms with van der Waals surface area (Å²) in [6.45, 7) is 3.13. The average molecular weight is 234 g/mol. The molecule has 1 heterocycles. The van der Waals surface area contributed by atoms with Crippen LogP contribution in [0, 0.1) is 5.92 Å². The molecule has 0 amide bonds. The lowest BCUT2D eigenvalue weighted by Gasteiger charge is -2.33. The molecule has 1 aromatic rings. The average Bonchev–Trinajstić information content (AvgIpc) is 2.40. The fourth-order valence-corrected chi connectivity index (χ4v) is 2.51. The second kappa shape index (κ2) is 5.92. The Morgan fingerprint density at radius 1 is 1.24 bits per heavy atom. The van der Waals surface area contributed by atoms with Crippen LogP contribution in [0.15, 0.2) is 24.3 Å². The SMILES string of the molecule is COc1ccc(N2CCC(CCN)CC2)cc1. The Morgan fingerprint density at radius 2 is 1.88 bits per heavy atom. The molecule has 0 bridgehead atoms. The number of hydrogen-bond donors (Lipinski definition) is 1. The highest BCUT2D eigenvalue weighted by Crippen LogP contribution is 2.26. The summed E-state index contributed by atoms with van der Waals surface area (Å²) < 4.78 is 5.17. The van der Waals surface area contributed by atoms with E-state index in [1.807, 2.05) is 12.1 Å². The molecule has 1 aliphatic rings. The zero-order valence-electron chi connectivity index (χ0n) is 10.6. The van der Waals surface area contributed by atoms with Gasteiger partial charge in [0.15, 0.2) is 0 Å². The van der Waals surface area contributed by atoms with Crippen LogP contribution in [0.25, 0.3) is 0 Å². The highest BCUT2D eigenvalue weighted by molar-refractivity contribution is 5.49. The van der Waals surface area contributed by atoms with Gasteiger partial charge in [0.05, 0.1) is 7.11 Å². The Kier molecular flexibility index (Phi) is 4.26. The molecule has 2 N–H and O–H groups in total. The molecule has 3 nitrogen and oxygen atoms in total. The van der Waals surface area contributed by atoms with E-state index in [-0.39, 0.29) is 0 Å². The van der Waals surface area contributed by atoms with Gasteiger partial charge in [-0.3, -0.25) is 0 Å². The highest BCUT2D eigenvalue weighted by atomic mass is 16.5. The lowest BCUT2D eigenvalue weighted by atomic mass is 9.93. The summed E-state index contributed by atoms with van der Waals surface area (Å²) in [4.78, 5) is 2.45. The molecule has 1 aliphatic heterocycles. The van der Waals surface area contributed by atoms with E-state index in [2.05, 4.69) is 17.0 Å². The van der Waals surface area contributed by atoms with Crippen molar-refractivity contribution in [1.29, 1.82) is 0 Å². The Labute approximate surface area is 104 Å². The van der Waals surface area contributed by atoms with Crippen LogP contribution in [0.3, 0.4) is 0 Å². The maximum atomic E-state index is 5.61. The quantitative estimate of drug-likeness (QED) is 0.868. The van der Waals surface area contributed by atoms with E-state index in [4.69, 9.17) is 10.5 Å². The van der Waals surface area contributed by atoms with Gasteiger partial charge >= 0.3 is 0 Å². The fraction of sp³-hybridized carbons (Fsp3) is 0.571. The number of piperidine rings is 1. The summed E-state index contributed by atoms with van der Waals surface area (Å²) >= 11 is 0. The second-order valence-electron chi connectivity index (χ2n) is 4.71. The maximum Gasteiger partial charge on any atom is 0.119 e. The van der Waals surface area contributed by atoms with Gasteiger partial charge in [0, 0.05) is 18.8 Å². The number of anilines is 1. The molecule has 1 fully saturated rings. The largest absolute Gasteiger partial charge is 0.497 e. The monoisotopic (exact) mass is 234 g/mol. The number of methoxy groups -OCH3 is 1. The van der Waals surface area contributed by atoms with E-state index in [0.29, 0.717) is 0 Å². The van der Waals surface area contributed by atoms with E-state index < -0.39 is 0 Å². The van der Waals surface area contributed by atoms with Crippen LogP contribution in [0.1, 0.15) is 19.3 Å². The predicted molar refractivity (Wildman–Crippen MR) is 71.6 cm³/mol. The van der Waals surface area contributed by atoms with Crippen molar-refractivity contribution < 1.29 is 4.74 Å². The van der Waals surface area contributed by atoms with Gasteiger partial charge in [0.25, 0.3) is 0 Å². The molecule has 0 unspecified atom stereocenters. The number of nitrogens with two attached hydrogens (primary N) is 1. The van der Waals surface area contributed by atoms with Crippen LogP contribution in [-0.4, -0.2) is 26.7 Å². The first-order chi connectivity index (χ1) is 8.33. The first kappa shape index (κ1) is 12.2. The molecule has 0 radical (unpaired) electrons. The van der Waals surface area contributed by atoms with Crippen LogP contribution >= 0.6 is 0 Å². The van der Waals surface area contributed by atoms with Gasteiger partial charge < -0.3 is 15.4 Å². The lowest BCUT2D eigenvalue weighted by Crippen LogP contribution is -2.34. The molecular formula is C14H22N2O. The van der Waals surface area contributed by atoms with Gasteiger partial charge in [-0.25, -0.2) is 0 Å². The third-order valence-corrected chi connectivity index (χ3v) is 3.63. The highest BCUT2D eigenvalue weighted by Gasteiger charge is 2.18. The molecule has 1 saturated heterocycles. The molecule has 3 heteroatoms. The Morgan fingerprint density at radius 3 is 2.41 bits per heavy atom. The standard InChI is InChI=1S/C14H22N2O/c1-17-14-4-2-13(3-5-14)16-10-7-12(6-9-15)8-11-16/h2-5,12H,6-11,15H2,1H3. The van der Waals surface area contributed by atoms with Gasteiger partial charge in [-0.1, -0.05) is 0 Å². The van der Waals surface area contributed by atoms with Gasteiger partial charge in [0.2, 0.25) is 0 Å². The summed E-state index contributed by atoms with van der Waals surface area (Å²) in [6.07, 6.45) is 3.71. The minimum atomic E-state index is 0.827. The summed E-state index contributed by atoms with van der Waals surface area (Å²) in [5.41, 5.74) is 6.91. The van der Waals surface area contributed by atoms with Gasteiger partial charge in [-0.05, 0) is 56.0 Å². The number of rotatable bonds is 4. The van der Waals surface area contributed by atoms with Gasteiger partial charge in [-0.15, -0.1) is 0 Å². The molecule has 0 spiro atoms. The molecular weight excluding hydrogens is 212 g/mol. The Bertz CT molecular complexity index is 329. The summed E-state index contributed by atoms with van der Waals surface area (Å²) in [6, 6.07) is 8.34. The number of benzene rings is 1. The fourth-order valence-electron chi connectivity index (χ4n) is 2.51. The van der Waals surface area contributed by atoms with E-state index in [1.165, 1.54) is 24.9 Å². The van der Waals surface area contributed by atoms with Crippen molar-refractivity contribution in [2.75, 3.05) is 31.6 Å². The van der Waals surface area contributed by atoms with Crippen molar-refractivity contribution in [2.45, 2.75) is 19.3 Å². The van der Waals surface area contributed by atoms with E-state index >= 15 is 0 Å². The minimum absolute atomic E-state index is 0.827. The zero-order chi connectivity index (χ0) is 12.1. The third-order valence-electron chi connectivity index (χ3n) is 3.63. The summed E-state index contributed by atoms with van der Waals surface area (Å²) in [7, 11) is 1.70. The molecule has 0 atom stereocenters. The van der Waals surface area contributed by atoms with Crippen molar-refractivity contribution in [2.24, 2.45) is 11.7 Å². The van der Waals surface area contributed by atoms with Crippen molar-refractivity contribution >= 4 is 5.69 Å². The Balaban J connectivity index is 1.91. The molecule has 0 saturated carbocycles. The normalized spacial score (nSPS) is 17.2. The molecule has 1 aromatic carbocycles. The third kappa shape index (κ3) is 3.13. The first-order valence-electron chi connectivity index (χ1n) is 6.42. The van der Waals surface area contributed by atoms with Crippen molar-refractivity contribution in [3.8, 4) is 5.75 Å². The number of ether oxygens (including phenoxy) is 1. The molecule has 0 aromatic heterocycles. The van der Waals surface area contributed by atoms with Crippen LogP contribution in [0.4, 0.5) is 5.69 Å². The van der Waals surface area contributed by atoms with Crippen molar-refractivity contribution in [3.63, 3.8) is 0 Å². The second-order valence-corrected chi connectivity index (χ2v) is 4.71. The van der Waals surface area contributed by atoms with E-state index in [1.54, 1.807) is 7.11 Å². The molecule has 2 rings (SSSR count). The van der Waals surface area contributed by atoms with Crippen molar-refractivity contribution in [3.05, 3.63) is 24.3 Å². The number of nitrogens with zero attached hydrogens (tertiary/aromatic N) is 1. The van der Waals surface area contributed by atoms with E-state index in [9.17, 15) is 0 Å². The van der Waals surface area contributed by atoms with Gasteiger partial charge in [0.1, 0.15) is 5.75 Å². The maximum absolute atomic E-state index is 5.61. The first-order valence-corrected chi connectivity index (χ1v) is 6.42. The minimum Gasteiger partial charge on any atom is -0.497 e. The van der Waals surface area contributed by atoms with Crippen LogP contribution in [0.2, 0.25) is 0 Å². The molecule has 94 valence electrons.